The molecule has 1 heterocycles. The molecule has 116 valence electrons. The van der Waals surface area contributed by atoms with Crippen molar-refractivity contribution in [3.8, 4) is 5.75 Å². The van der Waals surface area contributed by atoms with Gasteiger partial charge in [0.05, 0.1) is 6.04 Å². The average molecular weight is 298 g/mol. The van der Waals surface area contributed by atoms with Gasteiger partial charge in [0.25, 0.3) is 0 Å². The second kappa shape index (κ2) is 7.36. The first kappa shape index (κ1) is 15.7. The Bertz CT molecular complexity index is 476. The molecule has 0 aromatic heterocycles. The van der Waals surface area contributed by atoms with Gasteiger partial charge >= 0.3 is 6.61 Å². The third-order valence-electron chi connectivity index (χ3n) is 3.60. The number of hydrogen-bond donors (Lipinski definition) is 2. The number of nitrogens with one attached hydrogen (secondary N) is 2. The van der Waals surface area contributed by atoms with Crippen molar-refractivity contribution in [2.75, 3.05) is 13.1 Å². The Morgan fingerprint density at radius 1 is 1.52 bits per heavy atom. The predicted molar refractivity (Wildman–Crippen MR) is 75.2 cm³/mol. The summed E-state index contributed by atoms with van der Waals surface area (Å²) in [5, 5.41) is 6.11. The smallest absolute Gasteiger partial charge is 0.387 e. The Kier molecular flexibility index (Phi) is 5.50. The maximum atomic E-state index is 12.2. The van der Waals surface area contributed by atoms with Gasteiger partial charge in [-0.25, -0.2) is 0 Å². The summed E-state index contributed by atoms with van der Waals surface area (Å²) in [6.45, 7) is 0.812. The van der Waals surface area contributed by atoms with Crippen LogP contribution in [0.3, 0.4) is 0 Å². The van der Waals surface area contributed by atoms with Crippen LogP contribution >= 0.6 is 0 Å². The molecule has 0 spiro atoms. The van der Waals surface area contributed by atoms with Crippen molar-refractivity contribution in [3.05, 3.63) is 29.8 Å². The number of halogens is 2. The zero-order chi connectivity index (χ0) is 15.2. The number of rotatable bonds is 6. The van der Waals surface area contributed by atoms with Crippen LogP contribution in [-0.4, -0.2) is 25.6 Å². The summed E-state index contributed by atoms with van der Waals surface area (Å²) in [6, 6.07) is 6.16. The van der Waals surface area contributed by atoms with Crippen molar-refractivity contribution in [3.63, 3.8) is 0 Å². The molecule has 1 fully saturated rings. The van der Waals surface area contributed by atoms with E-state index in [4.69, 9.17) is 0 Å². The maximum Gasteiger partial charge on any atom is 0.387 e. The number of amides is 1. The fraction of sp³-hybridized carbons (Fsp3) is 0.533. The van der Waals surface area contributed by atoms with Crippen molar-refractivity contribution in [1.29, 1.82) is 0 Å². The van der Waals surface area contributed by atoms with E-state index >= 15 is 0 Å². The molecule has 0 radical (unpaired) electrons. The zero-order valence-electron chi connectivity index (χ0n) is 11.9. The van der Waals surface area contributed by atoms with Crippen LogP contribution in [-0.2, 0) is 4.79 Å². The van der Waals surface area contributed by atoms with Crippen LogP contribution in [0.1, 0.15) is 31.4 Å². The topological polar surface area (TPSA) is 50.4 Å². The lowest BCUT2D eigenvalue weighted by atomic mass is 10.0. The number of carbonyl (C=O) groups excluding carboxylic acids is 1. The first-order valence-corrected chi connectivity index (χ1v) is 7.09. The molecule has 1 aliphatic rings. The third-order valence-corrected chi connectivity index (χ3v) is 3.60. The van der Waals surface area contributed by atoms with Crippen LogP contribution in [0, 0.1) is 5.92 Å². The fourth-order valence-corrected chi connectivity index (χ4v) is 2.49. The fourth-order valence-electron chi connectivity index (χ4n) is 2.49. The molecule has 2 unspecified atom stereocenters. The number of hydrogen-bond acceptors (Lipinski definition) is 3. The summed E-state index contributed by atoms with van der Waals surface area (Å²) in [6.07, 6.45) is 1.50. The molecule has 2 atom stereocenters. The van der Waals surface area contributed by atoms with Crippen LogP contribution in [0.5, 0.6) is 5.75 Å². The monoisotopic (exact) mass is 298 g/mol. The van der Waals surface area contributed by atoms with E-state index in [1.807, 2.05) is 6.92 Å². The predicted octanol–water partition coefficient (Wildman–Crippen LogP) is 2.46. The molecular weight excluding hydrogens is 278 g/mol. The SMILES string of the molecule is CC(NC(=O)CC1CCNC1)c1cccc(OC(F)F)c1. The zero-order valence-corrected chi connectivity index (χ0v) is 11.9. The summed E-state index contributed by atoms with van der Waals surface area (Å²) >= 11 is 0. The minimum Gasteiger partial charge on any atom is -0.435 e. The van der Waals surface area contributed by atoms with Crippen LogP contribution in [0.4, 0.5) is 8.78 Å². The Hall–Kier alpha value is -1.69. The first-order chi connectivity index (χ1) is 10.0. The van der Waals surface area contributed by atoms with Crippen LogP contribution < -0.4 is 15.4 Å². The first-order valence-electron chi connectivity index (χ1n) is 7.09. The van der Waals surface area contributed by atoms with Gasteiger partial charge < -0.3 is 15.4 Å². The van der Waals surface area contributed by atoms with Crippen LogP contribution in [0.25, 0.3) is 0 Å². The van der Waals surface area contributed by atoms with Crippen LogP contribution in [0.15, 0.2) is 24.3 Å². The molecule has 2 rings (SSSR count). The maximum absolute atomic E-state index is 12.2. The van der Waals surface area contributed by atoms with Crippen LogP contribution in [0.2, 0.25) is 0 Å². The molecule has 1 saturated heterocycles. The van der Waals surface area contributed by atoms with E-state index < -0.39 is 6.61 Å². The molecule has 0 aliphatic carbocycles. The van der Waals surface area contributed by atoms with E-state index in [1.54, 1.807) is 12.1 Å². The van der Waals surface area contributed by atoms with Gasteiger partial charge in [-0.1, -0.05) is 12.1 Å². The van der Waals surface area contributed by atoms with E-state index in [1.165, 1.54) is 12.1 Å². The number of alkyl halides is 2. The van der Waals surface area contributed by atoms with Gasteiger partial charge in [-0.2, -0.15) is 8.78 Å². The quantitative estimate of drug-likeness (QED) is 0.848. The second-order valence-corrected chi connectivity index (χ2v) is 5.30. The average Bonchev–Trinajstić information content (AvgIpc) is 2.90. The second-order valence-electron chi connectivity index (χ2n) is 5.30. The summed E-state index contributed by atoms with van der Waals surface area (Å²) in [5.74, 6) is 0.464. The molecule has 21 heavy (non-hydrogen) atoms. The van der Waals surface area contributed by atoms with Gasteiger partial charge in [0.2, 0.25) is 5.91 Å². The lowest BCUT2D eigenvalue weighted by Crippen LogP contribution is -2.28. The van der Waals surface area contributed by atoms with Gasteiger partial charge in [-0.3, -0.25) is 4.79 Å². The highest BCUT2D eigenvalue weighted by Crippen LogP contribution is 2.21. The van der Waals surface area contributed by atoms with E-state index in [-0.39, 0.29) is 17.7 Å². The minimum absolute atomic E-state index is 0.0172. The molecule has 0 bridgehead atoms. The molecule has 1 amide bonds. The summed E-state index contributed by atoms with van der Waals surface area (Å²) < 4.78 is 28.7. The van der Waals surface area contributed by atoms with Crippen molar-refractivity contribution in [1.82, 2.24) is 10.6 Å². The van der Waals surface area contributed by atoms with E-state index in [9.17, 15) is 13.6 Å². The van der Waals surface area contributed by atoms with Gasteiger partial charge in [-0.05, 0) is 50.0 Å². The Morgan fingerprint density at radius 2 is 2.33 bits per heavy atom. The Morgan fingerprint density at radius 3 is 3.00 bits per heavy atom. The largest absolute Gasteiger partial charge is 0.435 e. The number of benzene rings is 1. The highest BCUT2D eigenvalue weighted by molar-refractivity contribution is 5.76. The van der Waals surface area contributed by atoms with Crippen molar-refractivity contribution in [2.24, 2.45) is 5.92 Å². The summed E-state index contributed by atoms with van der Waals surface area (Å²) in [7, 11) is 0. The van der Waals surface area contributed by atoms with Crippen molar-refractivity contribution >= 4 is 5.91 Å². The summed E-state index contributed by atoms with van der Waals surface area (Å²) in [5.41, 5.74) is 0.742. The van der Waals surface area contributed by atoms with Crippen molar-refractivity contribution < 1.29 is 18.3 Å². The van der Waals surface area contributed by atoms with E-state index in [0.29, 0.717) is 12.3 Å². The molecule has 2 N–H and O–H groups in total. The van der Waals surface area contributed by atoms with Gasteiger partial charge in [0.15, 0.2) is 0 Å². The van der Waals surface area contributed by atoms with Gasteiger partial charge in [0.1, 0.15) is 5.75 Å². The Labute approximate surface area is 122 Å². The lowest BCUT2D eigenvalue weighted by molar-refractivity contribution is -0.122. The molecule has 1 aromatic rings. The van der Waals surface area contributed by atoms with E-state index in [0.717, 1.165) is 25.1 Å². The number of ether oxygens (including phenoxy) is 1. The Balaban J connectivity index is 1.89. The van der Waals surface area contributed by atoms with Crippen molar-refractivity contribution in [2.45, 2.75) is 32.4 Å². The van der Waals surface area contributed by atoms with Gasteiger partial charge in [0, 0.05) is 6.42 Å². The molecule has 1 aromatic carbocycles. The standard InChI is InChI=1S/C15H20F2N2O2/c1-10(19-14(20)7-11-5-6-18-9-11)12-3-2-4-13(8-12)21-15(16)17/h2-4,8,10-11,15,18H,5-7,9H2,1H3,(H,19,20). The van der Waals surface area contributed by atoms with Gasteiger partial charge in [-0.15, -0.1) is 0 Å². The summed E-state index contributed by atoms with van der Waals surface area (Å²) in [4.78, 5) is 12.0. The lowest BCUT2D eigenvalue weighted by Gasteiger charge is -2.17. The number of carbonyl (C=O) groups is 1. The third kappa shape index (κ3) is 4.97. The highest BCUT2D eigenvalue weighted by atomic mass is 19.3. The van der Waals surface area contributed by atoms with E-state index in [2.05, 4.69) is 15.4 Å². The minimum atomic E-state index is -2.85. The normalized spacial score (nSPS) is 19.5. The molecule has 1 aliphatic heterocycles. The molecule has 4 nitrogen and oxygen atoms in total. The molecule has 0 saturated carbocycles. The molecular formula is C15H20F2N2O2. The highest BCUT2D eigenvalue weighted by Gasteiger charge is 2.19. The molecule has 6 heteroatoms.